The van der Waals surface area contributed by atoms with Crippen LogP contribution in [0.2, 0.25) is 0 Å². The fourth-order valence-electron chi connectivity index (χ4n) is 3.78. The van der Waals surface area contributed by atoms with Crippen LogP contribution in [0.4, 0.5) is 11.4 Å². The molecule has 1 aliphatic carbocycles. The Morgan fingerprint density at radius 1 is 1.04 bits per heavy atom. The molecule has 0 atom stereocenters. The molecule has 1 N–H and O–H groups in total. The van der Waals surface area contributed by atoms with Crippen LogP contribution in [0.15, 0.2) is 24.3 Å². The minimum absolute atomic E-state index is 0.00701. The highest BCUT2D eigenvalue weighted by Gasteiger charge is 2.24. The zero-order valence-corrected chi connectivity index (χ0v) is 15.4. The normalized spacial score (nSPS) is 18.2. The summed E-state index contributed by atoms with van der Waals surface area (Å²) in [5, 5.41) is 13.5. The lowest BCUT2D eigenvalue weighted by Gasteiger charge is -2.36. The monoisotopic (exact) mass is 374 g/mol. The summed E-state index contributed by atoms with van der Waals surface area (Å²) in [7, 11) is 0. The summed E-state index contributed by atoms with van der Waals surface area (Å²) in [4.78, 5) is 38.7. The van der Waals surface area contributed by atoms with E-state index in [2.05, 4.69) is 10.2 Å². The molecule has 0 unspecified atom stereocenters. The number of carbonyl (C=O) groups is 2. The van der Waals surface area contributed by atoms with E-state index in [4.69, 9.17) is 0 Å². The molecule has 0 aromatic heterocycles. The van der Waals surface area contributed by atoms with Crippen LogP contribution in [0.1, 0.15) is 32.1 Å². The fraction of sp³-hybridized carbons (Fsp3) is 0.579. The second-order valence-corrected chi connectivity index (χ2v) is 7.19. The van der Waals surface area contributed by atoms with Crippen LogP contribution in [0, 0.1) is 16.0 Å². The predicted molar refractivity (Wildman–Crippen MR) is 101 cm³/mol. The summed E-state index contributed by atoms with van der Waals surface area (Å²) in [6.07, 6.45) is 5.23. The smallest absolute Gasteiger partial charge is 0.269 e. The van der Waals surface area contributed by atoms with Gasteiger partial charge in [0.25, 0.3) is 5.69 Å². The van der Waals surface area contributed by atoms with E-state index in [0.29, 0.717) is 26.2 Å². The highest BCUT2D eigenvalue weighted by Crippen LogP contribution is 2.23. The molecule has 8 heteroatoms. The molecule has 146 valence electrons. The molecular weight excluding hydrogens is 348 g/mol. The SMILES string of the molecule is O=C(NCC(=O)N1CCN(c2ccc([N+](=O)[O-])cc2)CC1)C1CCCCC1. The molecule has 2 amide bonds. The number of nitrogens with one attached hydrogen (secondary N) is 1. The van der Waals surface area contributed by atoms with Crippen LogP contribution in [-0.4, -0.2) is 54.4 Å². The van der Waals surface area contributed by atoms with Crippen molar-refractivity contribution in [3.05, 3.63) is 34.4 Å². The predicted octanol–water partition coefficient (Wildman–Crippen LogP) is 1.94. The molecule has 0 radical (unpaired) electrons. The lowest BCUT2D eigenvalue weighted by Crippen LogP contribution is -2.51. The summed E-state index contributed by atoms with van der Waals surface area (Å²) in [5.74, 6) is 0.0145. The molecule has 8 nitrogen and oxygen atoms in total. The van der Waals surface area contributed by atoms with Crippen molar-refractivity contribution in [1.29, 1.82) is 0 Å². The van der Waals surface area contributed by atoms with Crippen LogP contribution >= 0.6 is 0 Å². The van der Waals surface area contributed by atoms with Gasteiger partial charge in [-0.25, -0.2) is 0 Å². The first-order valence-corrected chi connectivity index (χ1v) is 9.59. The number of benzene rings is 1. The number of nitro benzene ring substituents is 1. The summed E-state index contributed by atoms with van der Waals surface area (Å²) in [5.41, 5.74) is 0.986. The molecule has 1 saturated carbocycles. The third kappa shape index (κ3) is 4.96. The van der Waals surface area contributed by atoms with Crippen molar-refractivity contribution in [2.24, 2.45) is 5.92 Å². The van der Waals surface area contributed by atoms with E-state index in [9.17, 15) is 19.7 Å². The van der Waals surface area contributed by atoms with Gasteiger partial charge in [-0.3, -0.25) is 19.7 Å². The Balaban J connectivity index is 1.43. The molecule has 27 heavy (non-hydrogen) atoms. The van der Waals surface area contributed by atoms with Crippen molar-refractivity contribution < 1.29 is 14.5 Å². The maximum absolute atomic E-state index is 12.4. The van der Waals surface area contributed by atoms with Gasteiger partial charge in [0.2, 0.25) is 11.8 Å². The van der Waals surface area contributed by atoms with Crippen molar-refractivity contribution in [2.45, 2.75) is 32.1 Å². The standard InChI is InChI=1S/C19H26N4O4/c24-18(14-20-19(25)15-4-2-1-3-5-15)22-12-10-21(11-13-22)16-6-8-17(9-7-16)23(26)27/h6-9,15H,1-5,10-14H2,(H,20,25). The third-order valence-electron chi connectivity index (χ3n) is 5.45. The van der Waals surface area contributed by atoms with Crippen LogP contribution < -0.4 is 10.2 Å². The number of rotatable bonds is 5. The van der Waals surface area contributed by atoms with Crippen molar-refractivity contribution in [1.82, 2.24) is 10.2 Å². The van der Waals surface area contributed by atoms with Gasteiger partial charge in [-0.1, -0.05) is 19.3 Å². The molecule has 2 aliphatic rings. The van der Waals surface area contributed by atoms with E-state index in [-0.39, 0.29) is 30.0 Å². The number of piperazine rings is 1. The molecule has 1 saturated heterocycles. The molecule has 1 aromatic rings. The highest BCUT2D eigenvalue weighted by molar-refractivity contribution is 5.86. The number of nitrogens with zero attached hydrogens (tertiary/aromatic N) is 3. The summed E-state index contributed by atoms with van der Waals surface area (Å²) in [6, 6.07) is 6.46. The third-order valence-corrected chi connectivity index (χ3v) is 5.45. The summed E-state index contributed by atoms with van der Waals surface area (Å²) >= 11 is 0. The Morgan fingerprint density at radius 3 is 2.26 bits per heavy atom. The average Bonchev–Trinajstić information content (AvgIpc) is 2.72. The second kappa shape index (κ2) is 8.83. The first-order chi connectivity index (χ1) is 13.0. The molecule has 1 aromatic carbocycles. The molecule has 1 aliphatic heterocycles. The van der Waals surface area contributed by atoms with Gasteiger partial charge in [0.1, 0.15) is 0 Å². The Hall–Kier alpha value is -2.64. The lowest BCUT2D eigenvalue weighted by atomic mass is 9.89. The molecule has 0 bridgehead atoms. The maximum atomic E-state index is 12.4. The average molecular weight is 374 g/mol. The van der Waals surface area contributed by atoms with E-state index >= 15 is 0 Å². The second-order valence-electron chi connectivity index (χ2n) is 7.19. The van der Waals surface area contributed by atoms with Crippen LogP contribution in [0.25, 0.3) is 0 Å². The van der Waals surface area contributed by atoms with Gasteiger partial charge in [0.15, 0.2) is 0 Å². The molecular formula is C19H26N4O4. The van der Waals surface area contributed by atoms with E-state index in [0.717, 1.165) is 31.4 Å². The maximum Gasteiger partial charge on any atom is 0.269 e. The van der Waals surface area contributed by atoms with E-state index in [1.807, 2.05) is 0 Å². The first-order valence-electron chi connectivity index (χ1n) is 9.59. The molecule has 0 spiro atoms. The zero-order valence-electron chi connectivity index (χ0n) is 15.4. The van der Waals surface area contributed by atoms with Crippen molar-refractivity contribution >= 4 is 23.2 Å². The fourth-order valence-corrected chi connectivity index (χ4v) is 3.78. The van der Waals surface area contributed by atoms with Crippen LogP contribution in [0.3, 0.4) is 0 Å². The minimum Gasteiger partial charge on any atom is -0.368 e. The summed E-state index contributed by atoms with van der Waals surface area (Å²) < 4.78 is 0. The first kappa shape index (κ1) is 19.1. The van der Waals surface area contributed by atoms with Gasteiger partial charge in [0.05, 0.1) is 11.5 Å². The number of amides is 2. The number of hydrogen-bond donors (Lipinski definition) is 1. The van der Waals surface area contributed by atoms with Gasteiger partial charge >= 0.3 is 0 Å². The van der Waals surface area contributed by atoms with Gasteiger partial charge in [-0.15, -0.1) is 0 Å². The van der Waals surface area contributed by atoms with Gasteiger partial charge in [-0.2, -0.15) is 0 Å². The Kier molecular flexibility index (Phi) is 6.26. The lowest BCUT2D eigenvalue weighted by molar-refractivity contribution is -0.384. The number of non-ortho nitro benzene ring substituents is 1. The Morgan fingerprint density at radius 2 is 1.67 bits per heavy atom. The number of nitro groups is 1. The van der Waals surface area contributed by atoms with Gasteiger partial charge < -0.3 is 15.1 Å². The highest BCUT2D eigenvalue weighted by atomic mass is 16.6. The molecule has 2 fully saturated rings. The van der Waals surface area contributed by atoms with Gasteiger partial charge in [-0.05, 0) is 25.0 Å². The largest absolute Gasteiger partial charge is 0.368 e. The number of hydrogen-bond acceptors (Lipinski definition) is 5. The quantitative estimate of drug-likeness (QED) is 0.628. The molecule has 1 heterocycles. The topological polar surface area (TPSA) is 95.8 Å². The Labute approximate surface area is 158 Å². The van der Waals surface area contributed by atoms with Gasteiger partial charge in [0, 0.05) is 49.9 Å². The zero-order chi connectivity index (χ0) is 19.2. The van der Waals surface area contributed by atoms with E-state index in [1.54, 1.807) is 17.0 Å². The summed E-state index contributed by atoms with van der Waals surface area (Å²) in [6.45, 7) is 2.55. The van der Waals surface area contributed by atoms with E-state index in [1.165, 1.54) is 18.6 Å². The van der Waals surface area contributed by atoms with E-state index < -0.39 is 4.92 Å². The number of anilines is 1. The molecule has 3 rings (SSSR count). The minimum atomic E-state index is -0.415. The Bertz CT molecular complexity index is 677. The van der Waals surface area contributed by atoms with Crippen molar-refractivity contribution in [2.75, 3.05) is 37.6 Å². The number of carbonyl (C=O) groups excluding carboxylic acids is 2. The van der Waals surface area contributed by atoms with Crippen LogP contribution in [0.5, 0.6) is 0 Å². The van der Waals surface area contributed by atoms with Crippen LogP contribution in [-0.2, 0) is 9.59 Å². The van der Waals surface area contributed by atoms with Crippen molar-refractivity contribution in [3.8, 4) is 0 Å². The van der Waals surface area contributed by atoms with Crippen molar-refractivity contribution in [3.63, 3.8) is 0 Å².